The third-order valence-corrected chi connectivity index (χ3v) is 14.8. The molecule has 1 amide bonds. The van der Waals surface area contributed by atoms with Crippen LogP contribution in [0.4, 0.5) is 0 Å². The number of allylic oxidation sites excluding steroid dienone is 13. The second-order valence-electron chi connectivity index (χ2n) is 22.4. The number of aliphatic hydroxyl groups excluding tert-OH is 1. The first kappa shape index (κ1) is 72.7. The largest absolute Gasteiger partial charge is 0.756 e. The number of carbonyl (C=O) groups is 1. The predicted octanol–water partition coefficient (Wildman–Crippen LogP) is 19.0. The molecule has 0 aliphatic carbocycles. The Morgan fingerprint density at radius 1 is 0.480 bits per heavy atom. The number of phosphoric acid groups is 1. The molecule has 0 aromatic heterocycles. The van der Waals surface area contributed by atoms with Crippen LogP contribution in [0.3, 0.4) is 0 Å². The molecule has 0 fully saturated rings. The molecule has 0 aromatic carbocycles. The van der Waals surface area contributed by atoms with E-state index in [0.29, 0.717) is 17.4 Å². The summed E-state index contributed by atoms with van der Waals surface area (Å²) in [5.74, 6) is -0.196. The summed E-state index contributed by atoms with van der Waals surface area (Å²) >= 11 is 0. The standard InChI is InChI=1S/C66H121N2O6P/c1-6-8-10-12-14-16-18-20-22-24-25-26-27-28-29-30-31-32-33-34-35-36-37-38-39-40-41-42-43-44-46-48-50-52-54-56-58-60-66(70)67-64(63-74-75(71,72)73-62-61-68(3,4)5)65(69)59-57-55-53-51-49-47-45-23-21-19-17-15-13-11-9-7-2/h8,10,14,16,20,22,25-26,28-29,31-32,57,59,64-65,69H,6-7,9,11-13,15,17-19,21,23-24,27,30,33-56,58,60-63H2,1-5H3,(H-,67,70,71,72)/b10-8-,16-14-,22-20-,26-25-,29-28-,32-31-,59-57+. The van der Waals surface area contributed by atoms with Crippen LogP contribution in [-0.4, -0.2) is 68.5 Å². The van der Waals surface area contributed by atoms with E-state index < -0.39 is 20.0 Å². The summed E-state index contributed by atoms with van der Waals surface area (Å²) in [6.45, 7) is 4.55. The van der Waals surface area contributed by atoms with Crippen LogP contribution in [0, 0.1) is 0 Å². The number of amides is 1. The number of unbranched alkanes of at least 4 members (excludes halogenated alkanes) is 32. The van der Waals surface area contributed by atoms with Gasteiger partial charge in [-0.3, -0.25) is 9.36 Å². The van der Waals surface area contributed by atoms with Crippen LogP contribution in [0.25, 0.3) is 0 Å². The first-order valence-electron chi connectivity index (χ1n) is 31.4. The van der Waals surface area contributed by atoms with Crippen LogP contribution in [0.5, 0.6) is 0 Å². The molecule has 0 aliphatic rings. The SMILES string of the molecule is CC/C=C\C/C=C\C/C=C\C/C=C\C/C=C\C/C=C\CCCCCCCCCCCCCCCCCCCCC(=O)NC(COP(=O)([O-])OCC[N+](C)(C)C)C(O)/C=C/CCCCCCCCCCCCCCCC. The fourth-order valence-electron chi connectivity index (χ4n) is 8.98. The molecular formula is C66H121N2O6P. The molecule has 0 aliphatic heterocycles. The van der Waals surface area contributed by atoms with Crippen molar-refractivity contribution < 1.29 is 32.9 Å². The lowest BCUT2D eigenvalue weighted by Gasteiger charge is -2.29. The van der Waals surface area contributed by atoms with Gasteiger partial charge >= 0.3 is 0 Å². The fourth-order valence-corrected chi connectivity index (χ4v) is 9.71. The van der Waals surface area contributed by atoms with Crippen molar-refractivity contribution >= 4 is 13.7 Å². The quantitative estimate of drug-likeness (QED) is 0.0272. The molecule has 3 atom stereocenters. The van der Waals surface area contributed by atoms with Gasteiger partial charge in [0.1, 0.15) is 13.2 Å². The van der Waals surface area contributed by atoms with E-state index in [1.54, 1.807) is 6.08 Å². The highest BCUT2D eigenvalue weighted by Gasteiger charge is 2.23. The summed E-state index contributed by atoms with van der Waals surface area (Å²) < 4.78 is 23.4. The third-order valence-electron chi connectivity index (χ3n) is 13.9. The van der Waals surface area contributed by atoms with Gasteiger partial charge in [-0.15, -0.1) is 0 Å². The van der Waals surface area contributed by atoms with Crippen LogP contribution < -0.4 is 10.2 Å². The highest BCUT2D eigenvalue weighted by Crippen LogP contribution is 2.38. The minimum atomic E-state index is -4.60. The predicted molar refractivity (Wildman–Crippen MR) is 325 cm³/mol. The summed E-state index contributed by atoms with van der Waals surface area (Å²) in [7, 11) is 1.26. The molecule has 0 aromatic rings. The summed E-state index contributed by atoms with van der Waals surface area (Å²) in [5, 5.41) is 13.9. The molecule has 8 nitrogen and oxygen atoms in total. The number of carbonyl (C=O) groups excluding carboxylic acids is 1. The molecule has 0 rings (SSSR count). The Kier molecular flexibility index (Phi) is 54.7. The normalized spacial score (nSPS) is 14.4. The molecule has 2 N–H and O–H groups in total. The van der Waals surface area contributed by atoms with E-state index in [2.05, 4.69) is 92.1 Å². The molecule has 0 radical (unpaired) electrons. The number of likely N-dealkylation sites (N-methyl/N-ethyl adjacent to an activating group) is 1. The number of hydrogen-bond donors (Lipinski definition) is 2. The third kappa shape index (κ3) is 59.2. The summed E-state index contributed by atoms with van der Waals surface area (Å²) in [5.41, 5.74) is 0. The van der Waals surface area contributed by atoms with Crippen LogP contribution in [0.2, 0.25) is 0 Å². The van der Waals surface area contributed by atoms with Gasteiger partial charge in [0.25, 0.3) is 7.82 Å². The van der Waals surface area contributed by atoms with Crippen molar-refractivity contribution in [1.82, 2.24) is 5.32 Å². The van der Waals surface area contributed by atoms with Crippen molar-refractivity contribution in [3.8, 4) is 0 Å². The second kappa shape index (κ2) is 56.4. The van der Waals surface area contributed by atoms with E-state index in [9.17, 15) is 19.4 Å². The second-order valence-corrected chi connectivity index (χ2v) is 23.8. The molecule has 0 saturated carbocycles. The Morgan fingerprint density at radius 3 is 1.19 bits per heavy atom. The van der Waals surface area contributed by atoms with Crippen LogP contribution >= 0.6 is 7.82 Å². The van der Waals surface area contributed by atoms with Crippen LogP contribution in [0.15, 0.2) is 85.1 Å². The van der Waals surface area contributed by atoms with Gasteiger partial charge in [0.2, 0.25) is 5.91 Å². The summed E-state index contributed by atoms with van der Waals surface area (Å²) in [4.78, 5) is 25.5. The number of hydrogen-bond acceptors (Lipinski definition) is 6. The molecule has 0 bridgehead atoms. The first-order chi connectivity index (χ1) is 36.5. The van der Waals surface area contributed by atoms with Crippen molar-refractivity contribution in [1.29, 1.82) is 0 Å². The van der Waals surface area contributed by atoms with Crippen LogP contribution in [0.1, 0.15) is 277 Å². The highest BCUT2D eigenvalue weighted by atomic mass is 31.2. The van der Waals surface area contributed by atoms with E-state index >= 15 is 0 Å². The molecule has 0 saturated heterocycles. The van der Waals surface area contributed by atoms with Crippen molar-refractivity contribution in [3.05, 3.63) is 85.1 Å². The topological polar surface area (TPSA) is 108 Å². The Labute approximate surface area is 465 Å². The van der Waals surface area contributed by atoms with E-state index in [-0.39, 0.29) is 19.1 Å². The van der Waals surface area contributed by atoms with Gasteiger partial charge in [0.05, 0.1) is 39.9 Å². The summed E-state index contributed by atoms with van der Waals surface area (Å²) in [6, 6.07) is -0.889. The molecule has 75 heavy (non-hydrogen) atoms. The van der Waals surface area contributed by atoms with Gasteiger partial charge < -0.3 is 28.8 Å². The zero-order valence-electron chi connectivity index (χ0n) is 49.7. The highest BCUT2D eigenvalue weighted by molar-refractivity contribution is 7.45. The van der Waals surface area contributed by atoms with Crippen LogP contribution in [-0.2, 0) is 18.4 Å². The smallest absolute Gasteiger partial charge is 0.268 e. The number of nitrogens with one attached hydrogen (secondary N) is 1. The number of aliphatic hydroxyl groups is 1. The van der Waals surface area contributed by atoms with Gasteiger partial charge in [-0.1, -0.05) is 285 Å². The molecule has 0 heterocycles. The molecule has 3 unspecified atom stereocenters. The van der Waals surface area contributed by atoms with Gasteiger partial charge in [-0.25, -0.2) is 0 Å². The Bertz CT molecular complexity index is 1500. The number of rotatable bonds is 57. The number of quaternary nitrogens is 1. The fraction of sp³-hybridized carbons (Fsp3) is 0.773. The first-order valence-corrected chi connectivity index (χ1v) is 32.9. The maximum atomic E-state index is 13.0. The minimum absolute atomic E-state index is 0.00195. The zero-order chi connectivity index (χ0) is 54.9. The maximum absolute atomic E-state index is 13.0. The average Bonchev–Trinajstić information content (AvgIpc) is 3.37. The Hall–Kier alpha value is -2.32. The lowest BCUT2D eigenvalue weighted by molar-refractivity contribution is -0.870. The van der Waals surface area contributed by atoms with Crippen molar-refractivity contribution in [2.75, 3.05) is 40.9 Å². The monoisotopic (exact) mass is 1070 g/mol. The molecular weight excluding hydrogens is 948 g/mol. The number of nitrogens with zero attached hydrogens (tertiary/aromatic N) is 1. The van der Waals surface area contributed by atoms with Gasteiger partial charge in [-0.05, 0) is 70.6 Å². The molecule has 9 heteroatoms. The average molecular weight is 1070 g/mol. The zero-order valence-corrected chi connectivity index (χ0v) is 50.6. The molecule has 436 valence electrons. The lowest BCUT2D eigenvalue weighted by atomic mass is 10.0. The van der Waals surface area contributed by atoms with Gasteiger partial charge in [0.15, 0.2) is 0 Å². The van der Waals surface area contributed by atoms with Crippen molar-refractivity contribution in [2.45, 2.75) is 289 Å². The van der Waals surface area contributed by atoms with Crippen molar-refractivity contribution in [2.24, 2.45) is 0 Å². The number of phosphoric ester groups is 1. The maximum Gasteiger partial charge on any atom is 0.268 e. The van der Waals surface area contributed by atoms with E-state index in [4.69, 9.17) is 9.05 Å². The lowest BCUT2D eigenvalue weighted by Crippen LogP contribution is -2.45. The summed E-state index contributed by atoms with van der Waals surface area (Å²) in [6.07, 6.45) is 79.6. The van der Waals surface area contributed by atoms with E-state index in [1.165, 1.54) is 180 Å². The van der Waals surface area contributed by atoms with Gasteiger partial charge in [-0.2, -0.15) is 0 Å². The van der Waals surface area contributed by atoms with E-state index in [0.717, 1.165) is 77.0 Å². The Balaban J connectivity index is 4.02. The molecule has 0 spiro atoms. The Morgan fingerprint density at radius 2 is 0.813 bits per heavy atom. The van der Waals surface area contributed by atoms with E-state index in [1.807, 2.05) is 27.2 Å². The van der Waals surface area contributed by atoms with Gasteiger partial charge in [0, 0.05) is 6.42 Å². The minimum Gasteiger partial charge on any atom is -0.756 e. The van der Waals surface area contributed by atoms with Crippen molar-refractivity contribution in [3.63, 3.8) is 0 Å².